The summed E-state index contributed by atoms with van der Waals surface area (Å²) < 4.78 is 1.81. The van der Waals surface area contributed by atoms with Crippen molar-refractivity contribution < 1.29 is 0 Å². The van der Waals surface area contributed by atoms with E-state index in [0.717, 1.165) is 48.1 Å². The van der Waals surface area contributed by atoms with E-state index in [0.29, 0.717) is 0 Å². The molecule has 0 fully saturated rings. The molecule has 0 bridgehead atoms. The highest BCUT2D eigenvalue weighted by molar-refractivity contribution is 5.59. The van der Waals surface area contributed by atoms with E-state index in [1.54, 1.807) is 10.8 Å². The topological polar surface area (TPSA) is 72.1 Å². The van der Waals surface area contributed by atoms with Gasteiger partial charge in [-0.3, -0.25) is 0 Å². The van der Waals surface area contributed by atoms with E-state index in [2.05, 4.69) is 25.1 Å². The summed E-state index contributed by atoms with van der Waals surface area (Å²) in [7, 11) is 0. The summed E-state index contributed by atoms with van der Waals surface area (Å²) in [6.45, 7) is 1.63. The van der Waals surface area contributed by atoms with Crippen molar-refractivity contribution >= 4 is 11.5 Å². The van der Waals surface area contributed by atoms with E-state index in [1.807, 2.05) is 48.7 Å². The van der Waals surface area contributed by atoms with Crippen molar-refractivity contribution in [3.63, 3.8) is 0 Å². The fraction of sp³-hybridized carbons (Fsp3) is 0.167. The zero-order valence-corrected chi connectivity index (χ0v) is 13.4. The maximum atomic E-state index is 4.78. The molecule has 122 valence electrons. The first-order valence-electron chi connectivity index (χ1n) is 8.19. The Bertz CT molecular complexity index is 1040. The van der Waals surface area contributed by atoms with Crippen LogP contribution in [0.25, 0.3) is 17.0 Å². The molecule has 1 aromatic carbocycles. The molecule has 0 spiro atoms. The Morgan fingerprint density at radius 3 is 2.80 bits per heavy atom. The number of fused-ring (bicyclic) bond motifs is 2. The molecule has 0 saturated carbocycles. The molecule has 5 rings (SSSR count). The Hall–Kier alpha value is -3.35. The second kappa shape index (κ2) is 5.62. The molecule has 1 aliphatic rings. The number of anilines is 1. The minimum atomic E-state index is 0.735. The van der Waals surface area contributed by atoms with Gasteiger partial charge in [-0.1, -0.05) is 30.3 Å². The van der Waals surface area contributed by atoms with E-state index in [-0.39, 0.29) is 0 Å². The average molecular weight is 329 g/mol. The van der Waals surface area contributed by atoms with Crippen molar-refractivity contribution in [2.45, 2.75) is 13.0 Å². The van der Waals surface area contributed by atoms with Crippen LogP contribution in [0.15, 0.2) is 55.0 Å². The number of hydrogen-bond acceptors (Lipinski definition) is 6. The molecule has 0 unspecified atom stereocenters. The van der Waals surface area contributed by atoms with Crippen molar-refractivity contribution in [2.75, 3.05) is 11.4 Å². The van der Waals surface area contributed by atoms with Gasteiger partial charge in [0, 0.05) is 18.3 Å². The van der Waals surface area contributed by atoms with Crippen LogP contribution in [0, 0.1) is 0 Å². The predicted octanol–water partition coefficient (Wildman–Crippen LogP) is 2.14. The zero-order chi connectivity index (χ0) is 16.6. The van der Waals surface area contributed by atoms with Gasteiger partial charge in [0.2, 0.25) is 0 Å². The number of nitrogens with zero attached hydrogens (tertiary/aromatic N) is 7. The molecule has 25 heavy (non-hydrogen) atoms. The van der Waals surface area contributed by atoms with Crippen molar-refractivity contribution in [1.29, 1.82) is 0 Å². The van der Waals surface area contributed by atoms with Crippen LogP contribution >= 0.6 is 0 Å². The zero-order valence-electron chi connectivity index (χ0n) is 13.4. The van der Waals surface area contributed by atoms with Gasteiger partial charge in [-0.05, 0) is 24.1 Å². The van der Waals surface area contributed by atoms with Crippen LogP contribution in [-0.4, -0.2) is 36.3 Å². The Morgan fingerprint density at radius 2 is 1.88 bits per heavy atom. The Morgan fingerprint density at radius 1 is 0.960 bits per heavy atom. The molecule has 7 nitrogen and oxygen atoms in total. The summed E-state index contributed by atoms with van der Waals surface area (Å²) >= 11 is 0. The first-order chi connectivity index (χ1) is 12.4. The Balaban J connectivity index is 1.55. The molecule has 4 aromatic rings. The first-order valence-corrected chi connectivity index (χ1v) is 8.19. The molecular formula is C18H15N7. The molecule has 0 atom stereocenters. The van der Waals surface area contributed by atoms with E-state index < -0.39 is 0 Å². The van der Waals surface area contributed by atoms with Crippen molar-refractivity contribution in [2.24, 2.45) is 0 Å². The lowest BCUT2D eigenvalue weighted by molar-refractivity contribution is 0.685. The molecule has 0 saturated heterocycles. The van der Waals surface area contributed by atoms with Gasteiger partial charge in [0.25, 0.3) is 0 Å². The maximum Gasteiger partial charge on any atom is 0.185 e. The number of hydrogen-bond donors (Lipinski definition) is 0. The van der Waals surface area contributed by atoms with Crippen LogP contribution < -0.4 is 4.90 Å². The van der Waals surface area contributed by atoms with E-state index in [9.17, 15) is 0 Å². The monoisotopic (exact) mass is 329 g/mol. The summed E-state index contributed by atoms with van der Waals surface area (Å²) in [6, 6.07) is 13.9. The van der Waals surface area contributed by atoms with Crippen molar-refractivity contribution in [3.05, 3.63) is 66.2 Å². The third-order valence-electron chi connectivity index (χ3n) is 4.48. The van der Waals surface area contributed by atoms with Crippen LogP contribution in [0.5, 0.6) is 0 Å². The highest BCUT2D eigenvalue weighted by Gasteiger charge is 2.20. The highest BCUT2D eigenvalue weighted by atomic mass is 15.4. The third kappa shape index (κ3) is 2.40. The number of aromatic nitrogens is 6. The molecule has 0 amide bonds. The van der Waals surface area contributed by atoms with Gasteiger partial charge in [-0.25, -0.2) is 9.97 Å². The first kappa shape index (κ1) is 14.0. The quantitative estimate of drug-likeness (QED) is 0.561. The number of rotatable bonds is 2. The van der Waals surface area contributed by atoms with Crippen LogP contribution in [0.2, 0.25) is 0 Å². The molecule has 0 radical (unpaired) electrons. The lowest BCUT2D eigenvalue weighted by atomic mass is 10.1. The minimum Gasteiger partial charge on any atom is -0.349 e. The number of benzene rings is 1. The van der Waals surface area contributed by atoms with E-state index in [1.165, 1.54) is 5.56 Å². The van der Waals surface area contributed by atoms with Crippen molar-refractivity contribution in [1.82, 2.24) is 29.8 Å². The minimum absolute atomic E-state index is 0.735. The Kier molecular flexibility index (Phi) is 3.16. The molecular weight excluding hydrogens is 314 g/mol. The van der Waals surface area contributed by atoms with Crippen LogP contribution in [0.3, 0.4) is 0 Å². The normalized spacial score (nSPS) is 13.8. The van der Waals surface area contributed by atoms with E-state index in [4.69, 9.17) is 5.10 Å². The average Bonchev–Trinajstić information content (AvgIpc) is 3.11. The molecule has 7 heteroatoms. The predicted molar refractivity (Wildman–Crippen MR) is 93.0 cm³/mol. The van der Waals surface area contributed by atoms with Gasteiger partial charge in [0.15, 0.2) is 11.5 Å². The lowest BCUT2D eigenvalue weighted by Crippen LogP contribution is -2.32. The van der Waals surface area contributed by atoms with Crippen LogP contribution in [0.1, 0.15) is 11.3 Å². The smallest absolute Gasteiger partial charge is 0.185 e. The fourth-order valence-corrected chi connectivity index (χ4v) is 3.16. The van der Waals surface area contributed by atoms with Gasteiger partial charge < -0.3 is 4.90 Å². The summed E-state index contributed by atoms with van der Waals surface area (Å²) in [6.07, 6.45) is 4.43. The third-order valence-corrected chi connectivity index (χ3v) is 4.48. The Labute approximate surface area is 144 Å². The molecule has 0 N–H and O–H groups in total. The maximum absolute atomic E-state index is 4.78. The summed E-state index contributed by atoms with van der Waals surface area (Å²) in [5.41, 5.74) is 4.02. The summed E-state index contributed by atoms with van der Waals surface area (Å²) in [4.78, 5) is 10.7. The summed E-state index contributed by atoms with van der Waals surface area (Å²) in [5, 5.41) is 13.3. The van der Waals surface area contributed by atoms with Gasteiger partial charge in [0.05, 0.1) is 12.2 Å². The van der Waals surface area contributed by atoms with Gasteiger partial charge in [0.1, 0.15) is 12.1 Å². The van der Waals surface area contributed by atoms with Gasteiger partial charge >= 0.3 is 0 Å². The van der Waals surface area contributed by atoms with Crippen molar-refractivity contribution in [3.8, 4) is 11.4 Å². The fourth-order valence-electron chi connectivity index (χ4n) is 3.16. The second-order valence-corrected chi connectivity index (χ2v) is 6.02. The van der Waals surface area contributed by atoms with Crippen LogP contribution in [-0.2, 0) is 13.0 Å². The standard InChI is InChI=1S/C18H15N7/c1-2-4-13(5-3-1)18-22-21-16-6-7-17(23-25(16)18)24-9-8-14-10-19-12-20-15(14)11-24/h1-7,10,12H,8-9,11H2. The molecule has 4 heterocycles. The SMILES string of the molecule is c1ccc(-c2nnc3ccc(N4CCc5cncnc5C4)nn23)cc1. The van der Waals surface area contributed by atoms with Gasteiger partial charge in [-0.15, -0.1) is 15.3 Å². The molecule has 1 aliphatic heterocycles. The molecule has 0 aliphatic carbocycles. The highest BCUT2D eigenvalue weighted by Crippen LogP contribution is 2.23. The second-order valence-electron chi connectivity index (χ2n) is 6.02. The van der Waals surface area contributed by atoms with Crippen LogP contribution in [0.4, 0.5) is 5.82 Å². The lowest BCUT2D eigenvalue weighted by Gasteiger charge is -2.28. The largest absolute Gasteiger partial charge is 0.349 e. The molecule has 3 aromatic heterocycles. The van der Waals surface area contributed by atoms with E-state index >= 15 is 0 Å². The van der Waals surface area contributed by atoms with Gasteiger partial charge in [-0.2, -0.15) is 4.52 Å². The summed E-state index contributed by atoms with van der Waals surface area (Å²) in [5.74, 6) is 1.64.